The lowest BCUT2D eigenvalue weighted by atomic mass is 10.1. The molecule has 2 aromatic heterocycles. The zero-order chi connectivity index (χ0) is 11.8. The lowest BCUT2D eigenvalue weighted by Crippen LogP contribution is -2.10. The fourth-order valence-electron chi connectivity index (χ4n) is 2.29. The molecule has 0 aliphatic carbocycles. The Balaban J connectivity index is 1.99. The fraction of sp³-hybridized carbons (Fsp3) is 0.455. The number of rotatable bonds is 2. The van der Waals surface area contributed by atoms with E-state index in [1.54, 1.807) is 0 Å². The van der Waals surface area contributed by atoms with E-state index < -0.39 is 0 Å². The summed E-state index contributed by atoms with van der Waals surface area (Å²) in [4.78, 5) is 11.2. The Morgan fingerprint density at radius 2 is 2.35 bits per heavy atom. The number of hydrogen-bond donors (Lipinski definition) is 3. The first-order chi connectivity index (χ1) is 8.29. The van der Waals surface area contributed by atoms with Gasteiger partial charge in [0.1, 0.15) is 11.8 Å². The summed E-state index contributed by atoms with van der Waals surface area (Å²) in [5.41, 5.74) is 8.30. The molecule has 4 N–H and O–H groups in total. The van der Waals surface area contributed by atoms with Crippen LogP contribution in [0.2, 0.25) is 0 Å². The van der Waals surface area contributed by atoms with Crippen LogP contribution in [0.5, 0.6) is 0 Å². The Kier molecular flexibility index (Phi) is 2.45. The Labute approximate surface area is 97.8 Å². The summed E-state index contributed by atoms with van der Waals surface area (Å²) < 4.78 is 5.73. The van der Waals surface area contributed by atoms with Crippen molar-refractivity contribution in [3.8, 4) is 0 Å². The zero-order valence-electron chi connectivity index (χ0n) is 9.26. The van der Waals surface area contributed by atoms with Gasteiger partial charge in [0.15, 0.2) is 5.82 Å². The van der Waals surface area contributed by atoms with E-state index >= 15 is 0 Å². The van der Waals surface area contributed by atoms with Crippen molar-refractivity contribution in [3.05, 3.63) is 18.1 Å². The van der Waals surface area contributed by atoms with Crippen molar-refractivity contribution < 1.29 is 9.84 Å². The van der Waals surface area contributed by atoms with Crippen LogP contribution in [0.25, 0.3) is 11.0 Å². The molecule has 0 spiro atoms. The monoisotopic (exact) mass is 234 g/mol. The van der Waals surface area contributed by atoms with Gasteiger partial charge in [-0.1, -0.05) is 0 Å². The topological polar surface area (TPSA) is 97.1 Å². The Bertz CT molecular complexity index is 539. The van der Waals surface area contributed by atoms with Crippen molar-refractivity contribution in [1.82, 2.24) is 15.0 Å². The zero-order valence-corrected chi connectivity index (χ0v) is 9.26. The molecule has 17 heavy (non-hydrogen) atoms. The molecule has 0 saturated carbocycles. The Hall–Kier alpha value is -1.66. The van der Waals surface area contributed by atoms with E-state index in [1.165, 1.54) is 6.33 Å². The van der Waals surface area contributed by atoms with Crippen molar-refractivity contribution in [2.24, 2.45) is 0 Å². The number of aliphatic hydroxyl groups excluding tert-OH is 1. The Morgan fingerprint density at radius 1 is 1.47 bits per heavy atom. The highest BCUT2D eigenvalue weighted by molar-refractivity contribution is 5.87. The molecule has 6 heteroatoms. The summed E-state index contributed by atoms with van der Waals surface area (Å²) in [6.07, 6.45) is 4.99. The summed E-state index contributed by atoms with van der Waals surface area (Å²) in [5.74, 6) is 0.443. The SMILES string of the molecule is Nc1ncnc2c(C3CCC(CO)O3)c[nH]c12. The van der Waals surface area contributed by atoms with Crippen LogP contribution in [0.1, 0.15) is 24.5 Å². The molecule has 3 heterocycles. The first-order valence-corrected chi connectivity index (χ1v) is 5.63. The van der Waals surface area contributed by atoms with Gasteiger partial charge < -0.3 is 20.6 Å². The first kappa shape index (κ1) is 10.5. The molecule has 2 unspecified atom stereocenters. The van der Waals surface area contributed by atoms with E-state index in [4.69, 9.17) is 15.6 Å². The summed E-state index contributed by atoms with van der Waals surface area (Å²) in [5, 5.41) is 9.06. The van der Waals surface area contributed by atoms with Gasteiger partial charge in [-0.3, -0.25) is 0 Å². The number of H-pyrrole nitrogens is 1. The van der Waals surface area contributed by atoms with E-state index in [-0.39, 0.29) is 18.8 Å². The van der Waals surface area contributed by atoms with Crippen molar-refractivity contribution in [3.63, 3.8) is 0 Å². The van der Waals surface area contributed by atoms with Gasteiger partial charge in [0.2, 0.25) is 0 Å². The van der Waals surface area contributed by atoms with Crippen LogP contribution in [-0.2, 0) is 4.74 Å². The van der Waals surface area contributed by atoms with Crippen LogP contribution in [0.15, 0.2) is 12.5 Å². The van der Waals surface area contributed by atoms with Gasteiger partial charge >= 0.3 is 0 Å². The van der Waals surface area contributed by atoms with Crippen molar-refractivity contribution in [2.75, 3.05) is 12.3 Å². The lowest BCUT2D eigenvalue weighted by molar-refractivity contribution is 0.0115. The normalized spacial score (nSPS) is 24.5. The number of aliphatic hydroxyl groups is 1. The summed E-state index contributed by atoms with van der Waals surface area (Å²) in [7, 11) is 0. The summed E-state index contributed by atoms with van der Waals surface area (Å²) in [6.45, 7) is 0.0655. The van der Waals surface area contributed by atoms with E-state index in [0.717, 1.165) is 29.4 Å². The molecule has 0 amide bonds. The highest BCUT2D eigenvalue weighted by Gasteiger charge is 2.28. The van der Waals surface area contributed by atoms with Gasteiger partial charge in [-0.2, -0.15) is 0 Å². The third-order valence-electron chi connectivity index (χ3n) is 3.18. The highest BCUT2D eigenvalue weighted by atomic mass is 16.5. The molecule has 2 aromatic rings. The van der Waals surface area contributed by atoms with Crippen LogP contribution < -0.4 is 5.73 Å². The minimum Gasteiger partial charge on any atom is -0.394 e. The third kappa shape index (κ3) is 1.65. The number of nitrogens with two attached hydrogens (primary N) is 1. The summed E-state index contributed by atoms with van der Waals surface area (Å²) in [6, 6.07) is 0. The number of aromatic amines is 1. The average Bonchev–Trinajstić information content (AvgIpc) is 2.94. The smallest absolute Gasteiger partial charge is 0.151 e. The fourth-order valence-corrected chi connectivity index (χ4v) is 2.29. The molecule has 1 fully saturated rings. The van der Waals surface area contributed by atoms with Gasteiger partial charge in [0, 0.05) is 11.8 Å². The van der Waals surface area contributed by atoms with Crippen LogP contribution in [-0.4, -0.2) is 32.8 Å². The number of ether oxygens (including phenoxy) is 1. The molecule has 6 nitrogen and oxygen atoms in total. The van der Waals surface area contributed by atoms with E-state index in [0.29, 0.717) is 5.82 Å². The van der Waals surface area contributed by atoms with Crippen LogP contribution in [0, 0.1) is 0 Å². The van der Waals surface area contributed by atoms with E-state index in [9.17, 15) is 0 Å². The number of hydrogen-bond acceptors (Lipinski definition) is 5. The minimum atomic E-state index is -0.0656. The number of nitrogens with zero attached hydrogens (tertiary/aromatic N) is 2. The molecule has 90 valence electrons. The van der Waals surface area contributed by atoms with Gasteiger partial charge in [-0.05, 0) is 12.8 Å². The molecule has 3 rings (SSSR count). The maximum Gasteiger partial charge on any atom is 0.151 e. The second-order valence-electron chi connectivity index (χ2n) is 4.23. The van der Waals surface area contributed by atoms with E-state index in [2.05, 4.69) is 15.0 Å². The third-order valence-corrected chi connectivity index (χ3v) is 3.18. The maximum atomic E-state index is 9.06. The molecule has 2 atom stereocenters. The van der Waals surface area contributed by atoms with Crippen LogP contribution in [0.3, 0.4) is 0 Å². The van der Waals surface area contributed by atoms with Crippen molar-refractivity contribution in [1.29, 1.82) is 0 Å². The van der Waals surface area contributed by atoms with E-state index in [1.807, 2.05) is 6.20 Å². The average molecular weight is 234 g/mol. The number of anilines is 1. The quantitative estimate of drug-likeness (QED) is 0.712. The lowest BCUT2D eigenvalue weighted by Gasteiger charge is -2.10. The molecule has 1 aliphatic heterocycles. The number of fused-ring (bicyclic) bond motifs is 1. The molecule has 0 bridgehead atoms. The number of aromatic nitrogens is 3. The largest absolute Gasteiger partial charge is 0.394 e. The molecule has 1 saturated heterocycles. The van der Waals surface area contributed by atoms with Gasteiger partial charge in [-0.25, -0.2) is 9.97 Å². The van der Waals surface area contributed by atoms with Gasteiger partial charge in [0.25, 0.3) is 0 Å². The van der Waals surface area contributed by atoms with Crippen LogP contribution >= 0.6 is 0 Å². The second kappa shape index (κ2) is 3.97. The molecular formula is C11H14N4O2. The molecular weight excluding hydrogens is 220 g/mol. The molecule has 0 radical (unpaired) electrons. The predicted octanol–water partition coefficient (Wildman–Crippen LogP) is 0.752. The first-order valence-electron chi connectivity index (χ1n) is 5.63. The standard InChI is InChI=1S/C11H14N4O2/c12-11-10-9(14-5-15-11)7(3-13-10)8-2-1-6(4-16)17-8/h3,5-6,8,13,16H,1-2,4H2,(H2,12,14,15). The van der Waals surface area contributed by atoms with Crippen molar-refractivity contribution in [2.45, 2.75) is 25.0 Å². The second-order valence-corrected chi connectivity index (χ2v) is 4.23. The predicted molar refractivity (Wildman–Crippen MR) is 62.2 cm³/mol. The number of nitrogen functional groups attached to an aromatic ring is 1. The van der Waals surface area contributed by atoms with Crippen molar-refractivity contribution >= 4 is 16.9 Å². The summed E-state index contributed by atoms with van der Waals surface area (Å²) >= 11 is 0. The van der Waals surface area contributed by atoms with Gasteiger partial charge in [0.05, 0.1) is 24.3 Å². The van der Waals surface area contributed by atoms with Gasteiger partial charge in [-0.15, -0.1) is 0 Å². The highest BCUT2D eigenvalue weighted by Crippen LogP contribution is 2.36. The Morgan fingerprint density at radius 3 is 3.12 bits per heavy atom. The molecule has 1 aliphatic rings. The maximum absolute atomic E-state index is 9.06. The number of nitrogens with one attached hydrogen (secondary N) is 1. The molecule has 0 aromatic carbocycles. The van der Waals surface area contributed by atoms with Crippen LogP contribution in [0.4, 0.5) is 5.82 Å². The minimum absolute atomic E-state index is 0.0183.